The molecule has 0 unspecified atom stereocenters. The first-order valence-electron chi connectivity index (χ1n) is 8.20. The number of amides is 1. The SMILES string of the molecule is Cc1sc(NC(=O)CS(=O)(=O)Cc2ccc(Br)cc2)nc1-c1ccc(F)cc1. The average Bonchev–Trinajstić information content (AvgIpc) is 2.97. The zero-order valence-electron chi connectivity index (χ0n) is 14.8. The standard InChI is InChI=1S/C19H16BrFN2O3S2/c1-12-18(14-4-8-16(21)9-5-14)23-19(27-12)22-17(24)11-28(25,26)10-13-2-6-15(20)7-3-13/h2-9H,10-11H2,1H3,(H,22,23,24). The van der Waals surface area contributed by atoms with Crippen LogP contribution >= 0.6 is 27.3 Å². The van der Waals surface area contributed by atoms with Crippen molar-refractivity contribution in [2.45, 2.75) is 12.7 Å². The van der Waals surface area contributed by atoms with E-state index < -0.39 is 21.5 Å². The Balaban J connectivity index is 1.67. The van der Waals surface area contributed by atoms with Crippen molar-refractivity contribution in [2.24, 2.45) is 0 Å². The van der Waals surface area contributed by atoms with E-state index in [1.807, 2.05) is 6.92 Å². The highest BCUT2D eigenvalue weighted by molar-refractivity contribution is 9.10. The van der Waals surface area contributed by atoms with Gasteiger partial charge in [-0.1, -0.05) is 28.1 Å². The Kier molecular flexibility index (Phi) is 6.26. The molecule has 3 aromatic rings. The molecule has 1 amide bonds. The lowest BCUT2D eigenvalue weighted by molar-refractivity contribution is -0.113. The molecule has 3 rings (SSSR count). The second-order valence-corrected chi connectivity index (χ2v) is 10.3. The van der Waals surface area contributed by atoms with E-state index in [4.69, 9.17) is 0 Å². The van der Waals surface area contributed by atoms with Gasteiger partial charge in [0.25, 0.3) is 0 Å². The summed E-state index contributed by atoms with van der Waals surface area (Å²) in [5.41, 5.74) is 1.95. The van der Waals surface area contributed by atoms with Gasteiger partial charge >= 0.3 is 0 Å². The Bertz CT molecular complexity index is 1100. The third kappa shape index (κ3) is 5.46. The second-order valence-electron chi connectivity index (χ2n) is 6.14. The quantitative estimate of drug-likeness (QED) is 0.557. The number of sulfone groups is 1. The van der Waals surface area contributed by atoms with Crippen molar-refractivity contribution in [3.63, 3.8) is 0 Å². The number of thiazole rings is 1. The maximum absolute atomic E-state index is 13.1. The van der Waals surface area contributed by atoms with Gasteiger partial charge in [-0.3, -0.25) is 4.79 Å². The van der Waals surface area contributed by atoms with Crippen LogP contribution in [0.5, 0.6) is 0 Å². The van der Waals surface area contributed by atoms with Gasteiger partial charge in [-0.05, 0) is 48.9 Å². The largest absolute Gasteiger partial charge is 0.301 e. The van der Waals surface area contributed by atoms with Gasteiger partial charge in [-0.15, -0.1) is 11.3 Å². The molecule has 0 bridgehead atoms. The predicted octanol–water partition coefficient (Wildman–Crippen LogP) is 4.57. The maximum Gasteiger partial charge on any atom is 0.241 e. The number of anilines is 1. The smallest absolute Gasteiger partial charge is 0.241 e. The fourth-order valence-electron chi connectivity index (χ4n) is 2.57. The molecule has 28 heavy (non-hydrogen) atoms. The molecular formula is C19H16BrFN2O3S2. The second kappa shape index (κ2) is 8.50. The van der Waals surface area contributed by atoms with E-state index in [0.29, 0.717) is 16.4 Å². The summed E-state index contributed by atoms with van der Waals surface area (Å²) in [4.78, 5) is 17.4. The fourth-order valence-corrected chi connectivity index (χ4v) is 4.96. The van der Waals surface area contributed by atoms with Gasteiger partial charge in [-0.25, -0.2) is 17.8 Å². The average molecular weight is 483 g/mol. The van der Waals surface area contributed by atoms with Gasteiger partial charge in [0.2, 0.25) is 5.91 Å². The lowest BCUT2D eigenvalue weighted by atomic mass is 10.1. The normalized spacial score (nSPS) is 11.4. The Morgan fingerprint density at radius 1 is 1.14 bits per heavy atom. The van der Waals surface area contributed by atoms with Crippen molar-refractivity contribution in [3.8, 4) is 11.3 Å². The molecule has 1 heterocycles. The van der Waals surface area contributed by atoms with E-state index in [2.05, 4.69) is 26.2 Å². The van der Waals surface area contributed by atoms with Crippen LogP contribution in [-0.2, 0) is 20.4 Å². The first-order valence-corrected chi connectivity index (χ1v) is 11.6. The first-order chi connectivity index (χ1) is 13.2. The summed E-state index contributed by atoms with van der Waals surface area (Å²) < 4.78 is 38.5. The molecule has 0 fully saturated rings. The summed E-state index contributed by atoms with van der Waals surface area (Å²) in [6.45, 7) is 1.83. The predicted molar refractivity (Wildman–Crippen MR) is 113 cm³/mol. The molecule has 0 radical (unpaired) electrons. The minimum absolute atomic E-state index is 0.217. The first kappa shape index (κ1) is 20.6. The zero-order valence-corrected chi connectivity index (χ0v) is 18.0. The van der Waals surface area contributed by atoms with Crippen LogP contribution in [0.25, 0.3) is 11.3 Å². The summed E-state index contributed by atoms with van der Waals surface area (Å²) in [6.07, 6.45) is 0. The van der Waals surface area contributed by atoms with Crippen molar-refractivity contribution < 1.29 is 17.6 Å². The third-order valence-corrected chi connectivity index (χ3v) is 6.70. The van der Waals surface area contributed by atoms with E-state index in [1.165, 1.54) is 23.5 Å². The number of benzene rings is 2. The van der Waals surface area contributed by atoms with E-state index >= 15 is 0 Å². The van der Waals surface area contributed by atoms with Crippen LogP contribution in [0.3, 0.4) is 0 Å². The van der Waals surface area contributed by atoms with Gasteiger partial charge in [0.15, 0.2) is 15.0 Å². The highest BCUT2D eigenvalue weighted by atomic mass is 79.9. The summed E-state index contributed by atoms with van der Waals surface area (Å²) in [6, 6.07) is 12.8. The summed E-state index contributed by atoms with van der Waals surface area (Å²) in [7, 11) is -3.62. The Morgan fingerprint density at radius 3 is 2.43 bits per heavy atom. The van der Waals surface area contributed by atoms with Crippen LogP contribution in [0.4, 0.5) is 9.52 Å². The highest BCUT2D eigenvalue weighted by Gasteiger charge is 2.19. The molecule has 5 nitrogen and oxygen atoms in total. The molecular weight excluding hydrogens is 467 g/mol. The number of nitrogens with zero attached hydrogens (tertiary/aromatic N) is 1. The number of rotatable bonds is 6. The molecule has 2 aromatic carbocycles. The van der Waals surface area contributed by atoms with Gasteiger partial charge in [0.1, 0.15) is 11.6 Å². The van der Waals surface area contributed by atoms with Crippen molar-refractivity contribution in [3.05, 3.63) is 69.3 Å². The minimum Gasteiger partial charge on any atom is -0.301 e. The van der Waals surface area contributed by atoms with Crippen LogP contribution in [0.2, 0.25) is 0 Å². The summed E-state index contributed by atoms with van der Waals surface area (Å²) in [5, 5.41) is 2.85. The van der Waals surface area contributed by atoms with E-state index in [0.717, 1.165) is 14.9 Å². The molecule has 1 N–H and O–H groups in total. The fraction of sp³-hybridized carbons (Fsp3) is 0.158. The van der Waals surface area contributed by atoms with Gasteiger partial charge in [0, 0.05) is 14.9 Å². The molecule has 0 saturated heterocycles. The number of nitrogens with one attached hydrogen (secondary N) is 1. The monoisotopic (exact) mass is 482 g/mol. The topological polar surface area (TPSA) is 76.1 Å². The molecule has 0 aliphatic rings. The number of carbonyl (C=O) groups is 1. The minimum atomic E-state index is -3.62. The van der Waals surface area contributed by atoms with E-state index in [-0.39, 0.29) is 11.6 Å². The van der Waals surface area contributed by atoms with Gasteiger partial charge in [-0.2, -0.15) is 0 Å². The van der Waals surface area contributed by atoms with E-state index in [9.17, 15) is 17.6 Å². The van der Waals surface area contributed by atoms with Gasteiger partial charge < -0.3 is 5.32 Å². The molecule has 146 valence electrons. The van der Waals surface area contributed by atoms with Crippen LogP contribution in [0.15, 0.2) is 53.0 Å². The van der Waals surface area contributed by atoms with Crippen molar-refractivity contribution in [2.75, 3.05) is 11.1 Å². The molecule has 0 saturated carbocycles. The molecule has 0 aliphatic carbocycles. The lowest BCUT2D eigenvalue weighted by Gasteiger charge is -2.05. The number of aromatic nitrogens is 1. The molecule has 9 heteroatoms. The number of hydrogen-bond acceptors (Lipinski definition) is 5. The molecule has 0 atom stereocenters. The van der Waals surface area contributed by atoms with E-state index in [1.54, 1.807) is 36.4 Å². The molecule has 0 aliphatic heterocycles. The van der Waals surface area contributed by atoms with Crippen molar-refractivity contribution in [1.82, 2.24) is 4.98 Å². The number of hydrogen-bond donors (Lipinski definition) is 1. The van der Waals surface area contributed by atoms with Crippen molar-refractivity contribution >= 4 is 48.1 Å². The Labute approximate surface area is 174 Å². The Hall–Kier alpha value is -2.10. The van der Waals surface area contributed by atoms with Crippen LogP contribution in [0, 0.1) is 12.7 Å². The molecule has 1 aromatic heterocycles. The third-order valence-electron chi connectivity index (χ3n) is 3.81. The zero-order chi connectivity index (χ0) is 20.3. The number of halogens is 2. The van der Waals surface area contributed by atoms with Crippen LogP contribution in [0.1, 0.15) is 10.4 Å². The molecule has 0 spiro atoms. The highest BCUT2D eigenvalue weighted by Crippen LogP contribution is 2.30. The summed E-state index contributed by atoms with van der Waals surface area (Å²) in [5.74, 6) is -1.84. The van der Waals surface area contributed by atoms with Crippen LogP contribution in [-0.4, -0.2) is 25.1 Å². The van der Waals surface area contributed by atoms with Crippen LogP contribution < -0.4 is 5.32 Å². The summed E-state index contributed by atoms with van der Waals surface area (Å²) >= 11 is 4.53. The van der Waals surface area contributed by atoms with Gasteiger partial charge in [0.05, 0.1) is 11.4 Å². The lowest BCUT2D eigenvalue weighted by Crippen LogP contribution is -2.23. The number of aryl methyl sites for hydroxylation is 1. The van der Waals surface area contributed by atoms with Crippen molar-refractivity contribution in [1.29, 1.82) is 0 Å². The maximum atomic E-state index is 13.1. The number of carbonyl (C=O) groups excluding carboxylic acids is 1. The Morgan fingerprint density at radius 2 is 1.79 bits per heavy atom.